The normalized spacial score (nSPS) is 22.2. The van der Waals surface area contributed by atoms with Crippen LogP contribution in [0.2, 0.25) is 0 Å². The summed E-state index contributed by atoms with van der Waals surface area (Å²) in [6.07, 6.45) is 7.10. The molecule has 0 radical (unpaired) electrons. The molecule has 1 amide bonds. The molecule has 2 aromatic heterocycles. The summed E-state index contributed by atoms with van der Waals surface area (Å²) < 4.78 is 17.2. The highest BCUT2D eigenvalue weighted by molar-refractivity contribution is 5.79. The standard InChI is InChI=1S/C18H20N2O4/c21-17(9-14-4-2-7-22-14)20-12-18(13-20)10-15(5-8-23-18)24-16-3-1-6-19-11-16/h1-4,6-7,11,15H,5,8-10,12-13H2/t15-/m1/s1. The molecule has 2 saturated heterocycles. The molecular weight excluding hydrogens is 308 g/mol. The van der Waals surface area contributed by atoms with E-state index in [1.807, 2.05) is 23.1 Å². The van der Waals surface area contributed by atoms with Crippen LogP contribution in [0.4, 0.5) is 0 Å². The van der Waals surface area contributed by atoms with Crippen LogP contribution in [0.25, 0.3) is 0 Å². The summed E-state index contributed by atoms with van der Waals surface area (Å²) in [5.74, 6) is 1.56. The van der Waals surface area contributed by atoms with Crippen LogP contribution in [0.5, 0.6) is 5.75 Å². The molecule has 0 aliphatic carbocycles. The minimum Gasteiger partial charge on any atom is -0.489 e. The number of hydrogen-bond acceptors (Lipinski definition) is 5. The molecule has 6 heteroatoms. The number of carbonyl (C=O) groups is 1. The average Bonchev–Trinajstić information content (AvgIpc) is 3.06. The summed E-state index contributed by atoms with van der Waals surface area (Å²) in [5, 5.41) is 0. The molecule has 0 saturated carbocycles. The van der Waals surface area contributed by atoms with Crippen LogP contribution in [0.3, 0.4) is 0 Å². The van der Waals surface area contributed by atoms with Crippen molar-refractivity contribution in [3.63, 3.8) is 0 Å². The molecule has 1 spiro atoms. The van der Waals surface area contributed by atoms with Crippen molar-refractivity contribution in [2.45, 2.75) is 31.0 Å². The predicted octanol–water partition coefficient (Wildman–Crippen LogP) is 2.06. The van der Waals surface area contributed by atoms with Crippen LogP contribution in [0, 0.1) is 0 Å². The fourth-order valence-electron chi connectivity index (χ4n) is 3.41. The van der Waals surface area contributed by atoms with Crippen molar-refractivity contribution in [2.75, 3.05) is 19.7 Å². The van der Waals surface area contributed by atoms with Gasteiger partial charge in [-0.3, -0.25) is 9.78 Å². The lowest BCUT2D eigenvalue weighted by molar-refractivity contribution is -0.192. The summed E-state index contributed by atoms with van der Waals surface area (Å²) >= 11 is 0. The Morgan fingerprint density at radius 3 is 3.04 bits per heavy atom. The smallest absolute Gasteiger partial charge is 0.230 e. The third-order valence-electron chi connectivity index (χ3n) is 4.60. The first-order chi connectivity index (χ1) is 11.7. The first-order valence-electron chi connectivity index (χ1n) is 8.23. The van der Waals surface area contributed by atoms with Gasteiger partial charge in [-0.2, -0.15) is 0 Å². The number of furan rings is 1. The van der Waals surface area contributed by atoms with Crippen molar-refractivity contribution in [2.24, 2.45) is 0 Å². The number of rotatable bonds is 4. The SMILES string of the molecule is O=C(Cc1ccco1)N1CC2(C[C@H](Oc3cccnc3)CCO2)C1. The zero-order valence-electron chi connectivity index (χ0n) is 13.4. The molecule has 0 unspecified atom stereocenters. The molecule has 4 heterocycles. The summed E-state index contributed by atoms with van der Waals surface area (Å²) in [6.45, 7) is 1.91. The van der Waals surface area contributed by atoms with E-state index in [9.17, 15) is 4.79 Å². The van der Waals surface area contributed by atoms with Gasteiger partial charge in [-0.15, -0.1) is 0 Å². The Morgan fingerprint density at radius 1 is 1.38 bits per heavy atom. The van der Waals surface area contributed by atoms with E-state index in [1.165, 1.54) is 0 Å². The third-order valence-corrected chi connectivity index (χ3v) is 4.60. The van der Waals surface area contributed by atoms with Gasteiger partial charge < -0.3 is 18.8 Å². The van der Waals surface area contributed by atoms with Gasteiger partial charge in [0.15, 0.2) is 0 Å². The number of carbonyl (C=O) groups excluding carboxylic acids is 1. The zero-order valence-corrected chi connectivity index (χ0v) is 13.4. The molecule has 0 bridgehead atoms. The van der Waals surface area contributed by atoms with Crippen LogP contribution in [0.15, 0.2) is 47.3 Å². The molecule has 0 N–H and O–H groups in total. The van der Waals surface area contributed by atoms with Gasteiger partial charge in [0.25, 0.3) is 0 Å². The number of likely N-dealkylation sites (tertiary alicyclic amines) is 1. The van der Waals surface area contributed by atoms with E-state index in [0.717, 1.165) is 18.6 Å². The lowest BCUT2D eigenvalue weighted by Gasteiger charge is -2.52. The van der Waals surface area contributed by atoms with Gasteiger partial charge in [0, 0.05) is 19.0 Å². The fourth-order valence-corrected chi connectivity index (χ4v) is 3.41. The van der Waals surface area contributed by atoms with Gasteiger partial charge >= 0.3 is 0 Å². The molecule has 24 heavy (non-hydrogen) atoms. The van der Waals surface area contributed by atoms with E-state index < -0.39 is 0 Å². The maximum atomic E-state index is 12.3. The predicted molar refractivity (Wildman–Crippen MR) is 85.6 cm³/mol. The van der Waals surface area contributed by atoms with Crippen molar-refractivity contribution in [3.8, 4) is 5.75 Å². The quantitative estimate of drug-likeness (QED) is 0.859. The van der Waals surface area contributed by atoms with E-state index in [4.69, 9.17) is 13.9 Å². The van der Waals surface area contributed by atoms with Crippen LogP contribution in [0.1, 0.15) is 18.6 Å². The third kappa shape index (κ3) is 3.14. The minimum absolute atomic E-state index is 0.0782. The lowest BCUT2D eigenvalue weighted by Crippen LogP contribution is -2.67. The summed E-state index contributed by atoms with van der Waals surface area (Å²) in [6, 6.07) is 7.39. The Morgan fingerprint density at radius 2 is 2.29 bits per heavy atom. The highest BCUT2D eigenvalue weighted by Gasteiger charge is 2.49. The maximum Gasteiger partial charge on any atom is 0.230 e. The van der Waals surface area contributed by atoms with Crippen molar-refractivity contribution >= 4 is 5.91 Å². The Kier molecular flexibility index (Phi) is 3.98. The summed E-state index contributed by atoms with van der Waals surface area (Å²) in [5.41, 5.74) is -0.260. The maximum absolute atomic E-state index is 12.3. The van der Waals surface area contributed by atoms with Gasteiger partial charge in [0.2, 0.25) is 5.91 Å². The molecule has 4 rings (SSSR count). The van der Waals surface area contributed by atoms with E-state index in [0.29, 0.717) is 31.9 Å². The number of hydrogen-bond donors (Lipinski definition) is 0. The highest BCUT2D eigenvalue weighted by atomic mass is 16.5. The molecule has 2 aliphatic heterocycles. The van der Waals surface area contributed by atoms with Crippen molar-refractivity contribution in [3.05, 3.63) is 48.7 Å². The zero-order chi connectivity index (χ0) is 16.4. The molecule has 0 aromatic carbocycles. The molecule has 126 valence electrons. The number of ether oxygens (including phenoxy) is 2. The van der Waals surface area contributed by atoms with Gasteiger partial charge in [0.1, 0.15) is 23.2 Å². The van der Waals surface area contributed by atoms with Crippen LogP contribution in [-0.4, -0.2) is 47.2 Å². The molecule has 2 aliphatic rings. The molecule has 1 atom stereocenters. The van der Waals surface area contributed by atoms with E-state index in [1.54, 1.807) is 24.7 Å². The Balaban J connectivity index is 1.31. The van der Waals surface area contributed by atoms with Gasteiger partial charge in [-0.05, 0) is 24.3 Å². The van der Waals surface area contributed by atoms with E-state index in [2.05, 4.69) is 4.98 Å². The second-order valence-corrected chi connectivity index (χ2v) is 6.46. The van der Waals surface area contributed by atoms with Crippen LogP contribution >= 0.6 is 0 Å². The monoisotopic (exact) mass is 328 g/mol. The lowest BCUT2D eigenvalue weighted by atomic mass is 9.84. The minimum atomic E-state index is -0.260. The highest BCUT2D eigenvalue weighted by Crippen LogP contribution is 2.36. The number of aromatic nitrogens is 1. The second kappa shape index (κ2) is 6.28. The second-order valence-electron chi connectivity index (χ2n) is 6.46. The van der Waals surface area contributed by atoms with Crippen molar-refractivity contribution in [1.82, 2.24) is 9.88 Å². The Hall–Kier alpha value is -2.34. The van der Waals surface area contributed by atoms with Gasteiger partial charge in [-0.25, -0.2) is 0 Å². The number of pyridine rings is 1. The molecule has 2 aromatic rings. The Bertz CT molecular complexity index is 680. The molecule has 6 nitrogen and oxygen atoms in total. The topological polar surface area (TPSA) is 64.8 Å². The van der Waals surface area contributed by atoms with Crippen LogP contribution in [-0.2, 0) is 16.0 Å². The number of amides is 1. The summed E-state index contributed by atoms with van der Waals surface area (Å²) in [4.78, 5) is 18.2. The Labute approximate surface area is 140 Å². The van der Waals surface area contributed by atoms with Gasteiger partial charge in [0.05, 0.1) is 38.6 Å². The van der Waals surface area contributed by atoms with Crippen molar-refractivity contribution in [1.29, 1.82) is 0 Å². The first-order valence-corrected chi connectivity index (χ1v) is 8.23. The van der Waals surface area contributed by atoms with Crippen molar-refractivity contribution < 1.29 is 18.7 Å². The van der Waals surface area contributed by atoms with E-state index >= 15 is 0 Å². The van der Waals surface area contributed by atoms with E-state index in [-0.39, 0.29) is 17.6 Å². The van der Waals surface area contributed by atoms with Crippen LogP contribution < -0.4 is 4.74 Å². The first kappa shape index (κ1) is 15.2. The largest absolute Gasteiger partial charge is 0.489 e. The number of nitrogens with zero attached hydrogens (tertiary/aromatic N) is 2. The average molecular weight is 328 g/mol. The summed E-state index contributed by atoms with van der Waals surface area (Å²) in [7, 11) is 0. The molecular formula is C18H20N2O4. The van der Waals surface area contributed by atoms with Gasteiger partial charge in [-0.1, -0.05) is 0 Å². The fraction of sp³-hybridized carbons (Fsp3) is 0.444. The molecule has 2 fully saturated rings.